The molecule has 0 spiro atoms. The number of amides is 2. The summed E-state index contributed by atoms with van der Waals surface area (Å²) in [7, 11) is 0. The molecule has 1 atom stereocenters. The highest BCUT2D eigenvalue weighted by molar-refractivity contribution is 6.35. The molecular weight excluding hydrogens is 275 g/mol. The van der Waals surface area contributed by atoms with Crippen molar-refractivity contribution in [2.45, 2.75) is 6.10 Å². The largest absolute Gasteiger partial charge is 0.387 e. The van der Waals surface area contributed by atoms with Gasteiger partial charge in [-0.05, 0) is 12.1 Å². The Kier molecular flexibility index (Phi) is 5.98. The molecule has 0 fully saturated rings. The first kappa shape index (κ1) is 14.8. The lowest BCUT2D eigenvalue weighted by Gasteiger charge is -2.14. The maximum atomic E-state index is 11.2. The van der Waals surface area contributed by atoms with Crippen molar-refractivity contribution >= 4 is 29.2 Å². The molecule has 0 bridgehead atoms. The van der Waals surface area contributed by atoms with Gasteiger partial charge in [0.05, 0.1) is 6.10 Å². The van der Waals surface area contributed by atoms with Crippen molar-refractivity contribution in [1.29, 1.82) is 0 Å². The number of benzene rings is 1. The highest BCUT2D eigenvalue weighted by atomic mass is 35.5. The van der Waals surface area contributed by atoms with Gasteiger partial charge in [-0.1, -0.05) is 35.3 Å². The summed E-state index contributed by atoms with van der Waals surface area (Å²) in [5.74, 6) is 0. The van der Waals surface area contributed by atoms with Crippen LogP contribution in [0.3, 0.4) is 0 Å². The summed E-state index contributed by atoms with van der Waals surface area (Å²) in [6.45, 7) is 3.90. The van der Waals surface area contributed by atoms with Gasteiger partial charge >= 0.3 is 6.03 Å². The Hall–Kier alpha value is -1.23. The van der Waals surface area contributed by atoms with Crippen LogP contribution in [0.2, 0.25) is 10.0 Å². The highest BCUT2D eigenvalue weighted by Gasteiger charge is 2.12. The van der Waals surface area contributed by atoms with E-state index in [2.05, 4.69) is 17.2 Å². The van der Waals surface area contributed by atoms with Gasteiger partial charge in [-0.25, -0.2) is 4.79 Å². The van der Waals surface area contributed by atoms with Crippen LogP contribution in [-0.2, 0) is 0 Å². The fraction of sp³-hybridized carbons (Fsp3) is 0.250. The maximum absolute atomic E-state index is 11.2. The third-order valence-electron chi connectivity index (χ3n) is 2.18. The number of aliphatic hydroxyl groups is 1. The van der Waals surface area contributed by atoms with Gasteiger partial charge in [-0.2, -0.15) is 0 Å². The van der Waals surface area contributed by atoms with E-state index in [0.29, 0.717) is 22.2 Å². The molecule has 0 saturated heterocycles. The molecule has 0 aromatic heterocycles. The average Bonchev–Trinajstić information content (AvgIpc) is 2.33. The van der Waals surface area contributed by atoms with Crippen LogP contribution in [0.25, 0.3) is 0 Å². The molecule has 0 radical (unpaired) electrons. The smallest absolute Gasteiger partial charge is 0.315 e. The third kappa shape index (κ3) is 4.56. The molecule has 1 aromatic rings. The quantitative estimate of drug-likeness (QED) is 0.729. The lowest BCUT2D eigenvalue weighted by atomic mass is 10.1. The summed E-state index contributed by atoms with van der Waals surface area (Å²) < 4.78 is 0. The molecule has 18 heavy (non-hydrogen) atoms. The number of hydrogen-bond donors (Lipinski definition) is 3. The summed E-state index contributed by atoms with van der Waals surface area (Å²) in [5, 5.41) is 15.8. The van der Waals surface area contributed by atoms with Gasteiger partial charge in [0.1, 0.15) is 0 Å². The Labute approximate surface area is 116 Å². The lowest BCUT2D eigenvalue weighted by molar-refractivity contribution is 0.173. The molecule has 0 saturated carbocycles. The van der Waals surface area contributed by atoms with Crippen LogP contribution < -0.4 is 10.6 Å². The van der Waals surface area contributed by atoms with Gasteiger partial charge in [-0.15, -0.1) is 6.58 Å². The number of aliphatic hydroxyl groups excluding tert-OH is 1. The van der Waals surface area contributed by atoms with E-state index < -0.39 is 6.10 Å². The van der Waals surface area contributed by atoms with E-state index in [1.165, 1.54) is 0 Å². The Morgan fingerprint density at radius 3 is 2.78 bits per heavy atom. The number of halogens is 2. The Morgan fingerprint density at radius 2 is 2.17 bits per heavy atom. The first-order valence-electron chi connectivity index (χ1n) is 5.30. The van der Waals surface area contributed by atoms with E-state index in [-0.39, 0.29) is 12.6 Å². The van der Waals surface area contributed by atoms with Gasteiger partial charge in [-0.3, -0.25) is 0 Å². The van der Waals surface area contributed by atoms with Crippen molar-refractivity contribution in [2.24, 2.45) is 0 Å². The van der Waals surface area contributed by atoms with E-state index in [1.54, 1.807) is 24.3 Å². The first-order chi connectivity index (χ1) is 8.54. The molecule has 1 unspecified atom stereocenters. The van der Waals surface area contributed by atoms with Gasteiger partial charge in [0.2, 0.25) is 0 Å². The molecular formula is C12H14Cl2N2O2. The normalized spacial score (nSPS) is 11.7. The van der Waals surface area contributed by atoms with E-state index in [0.717, 1.165) is 0 Å². The van der Waals surface area contributed by atoms with Crippen molar-refractivity contribution in [3.05, 3.63) is 46.5 Å². The van der Waals surface area contributed by atoms with Gasteiger partial charge in [0, 0.05) is 28.7 Å². The number of urea groups is 1. The number of hydrogen-bond acceptors (Lipinski definition) is 2. The minimum Gasteiger partial charge on any atom is -0.387 e. The summed E-state index contributed by atoms with van der Waals surface area (Å²) in [6, 6.07) is 4.42. The number of nitrogens with one attached hydrogen (secondary N) is 2. The van der Waals surface area contributed by atoms with Crippen molar-refractivity contribution in [1.82, 2.24) is 10.6 Å². The van der Waals surface area contributed by atoms with Crippen LogP contribution in [0.1, 0.15) is 11.7 Å². The van der Waals surface area contributed by atoms with Gasteiger partial charge in [0.25, 0.3) is 0 Å². The molecule has 0 aliphatic rings. The number of carbonyl (C=O) groups is 1. The van der Waals surface area contributed by atoms with Crippen molar-refractivity contribution < 1.29 is 9.90 Å². The summed E-state index contributed by atoms with van der Waals surface area (Å²) in [4.78, 5) is 11.2. The molecule has 4 nitrogen and oxygen atoms in total. The van der Waals surface area contributed by atoms with Crippen LogP contribution in [0.5, 0.6) is 0 Å². The second kappa shape index (κ2) is 7.26. The number of carbonyl (C=O) groups excluding carboxylic acids is 1. The molecule has 1 aromatic carbocycles. The summed E-state index contributed by atoms with van der Waals surface area (Å²) >= 11 is 11.7. The minimum atomic E-state index is -0.885. The van der Waals surface area contributed by atoms with Gasteiger partial charge < -0.3 is 15.7 Å². The zero-order chi connectivity index (χ0) is 13.5. The fourth-order valence-electron chi connectivity index (χ4n) is 1.30. The summed E-state index contributed by atoms with van der Waals surface area (Å²) in [6.07, 6.45) is 0.677. The third-order valence-corrected chi connectivity index (χ3v) is 2.75. The predicted molar refractivity (Wildman–Crippen MR) is 73.0 cm³/mol. The van der Waals surface area contributed by atoms with Crippen LogP contribution in [0.15, 0.2) is 30.9 Å². The Balaban J connectivity index is 2.52. The minimum absolute atomic E-state index is 0.0598. The molecule has 0 heterocycles. The molecule has 0 aliphatic heterocycles. The van der Waals surface area contributed by atoms with Crippen molar-refractivity contribution in [3.63, 3.8) is 0 Å². The summed E-state index contributed by atoms with van der Waals surface area (Å²) in [5.41, 5.74) is 0.519. The zero-order valence-electron chi connectivity index (χ0n) is 9.62. The number of rotatable bonds is 5. The SMILES string of the molecule is C=CCNC(=O)NCC(O)c1ccc(Cl)cc1Cl. The molecule has 3 N–H and O–H groups in total. The Bertz CT molecular complexity index is 438. The van der Waals surface area contributed by atoms with E-state index in [1.807, 2.05) is 0 Å². The molecule has 0 aliphatic carbocycles. The van der Waals surface area contributed by atoms with Crippen LogP contribution in [0.4, 0.5) is 4.79 Å². The van der Waals surface area contributed by atoms with E-state index in [4.69, 9.17) is 23.2 Å². The molecule has 98 valence electrons. The molecule has 1 rings (SSSR count). The Morgan fingerprint density at radius 1 is 1.44 bits per heavy atom. The van der Waals surface area contributed by atoms with Crippen molar-refractivity contribution in [3.8, 4) is 0 Å². The second-order valence-electron chi connectivity index (χ2n) is 3.56. The van der Waals surface area contributed by atoms with Crippen LogP contribution in [0, 0.1) is 0 Å². The standard InChI is InChI=1S/C12H14Cl2N2O2/c1-2-5-15-12(18)16-7-11(17)9-4-3-8(13)6-10(9)14/h2-4,6,11,17H,1,5,7H2,(H2,15,16,18). The molecule has 2 amide bonds. The van der Waals surface area contributed by atoms with Gasteiger partial charge in [0.15, 0.2) is 0 Å². The van der Waals surface area contributed by atoms with E-state index in [9.17, 15) is 9.90 Å². The first-order valence-corrected chi connectivity index (χ1v) is 6.05. The fourth-order valence-corrected chi connectivity index (χ4v) is 1.83. The monoisotopic (exact) mass is 288 g/mol. The average molecular weight is 289 g/mol. The lowest BCUT2D eigenvalue weighted by Crippen LogP contribution is -2.37. The van der Waals surface area contributed by atoms with Crippen LogP contribution in [-0.4, -0.2) is 24.2 Å². The van der Waals surface area contributed by atoms with Crippen molar-refractivity contribution in [2.75, 3.05) is 13.1 Å². The zero-order valence-corrected chi connectivity index (χ0v) is 11.1. The second-order valence-corrected chi connectivity index (χ2v) is 4.40. The maximum Gasteiger partial charge on any atom is 0.315 e. The van der Waals surface area contributed by atoms with Crippen LogP contribution >= 0.6 is 23.2 Å². The van der Waals surface area contributed by atoms with E-state index >= 15 is 0 Å². The predicted octanol–water partition coefficient (Wildman–Crippen LogP) is 2.51. The highest BCUT2D eigenvalue weighted by Crippen LogP contribution is 2.25. The molecule has 6 heteroatoms. The topological polar surface area (TPSA) is 61.4 Å².